The maximum Gasteiger partial charge on any atom is 0.416 e. The zero-order chi connectivity index (χ0) is 14.0. The molecule has 1 N–H and O–H groups in total. The number of aromatic nitrogens is 4. The zero-order valence-corrected chi connectivity index (χ0v) is 9.74. The van der Waals surface area contributed by atoms with Gasteiger partial charge in [-0.1, -0.05) is 0 Å². The van der Waals surface area contributed by atoms with E-state index in [1.54, 1.807) is 7.05 Å². The Morgan fingerprint density at radius 1 is 1.32 bits per heavy atom. The zero-order valence-electron chi connectivity index (χ0n) is 9.74. The minimum absolute atomic E-state index is 0.0218. The number of benzene rings is 1. The maximum atomic E-state index is 13.4. The van der Waals surface area contributed by atoms with E-state index in [1.165, 1.54) is 4.80 Å². The van der Waals surface area contributed by atoms with Gasteiger partial charge in [0.1, 0.15) is 5.82 Å². The molecular formula is C10H9F4N5. The molecule has 0 saturated carbocycles. The van der Waals surface area contributed by atoms with Gasteiger partial charge in [0.15, 0.2) is 5.82 Å². The molecule has 0 unspecified atom stereocenters. The van der Waals surface area contributed by atoms with Gasteiger partial charge < -0.3 is 5.32 Å². The molecule has 0 aliphatic rings. The highest BCUT2D eigenvalue weighted by molar-refractivity contribution is 5.48. The molecule has 0 fully saturated rings. The lowest BCUT2D eigenvalue weighted by molar-refractivity contribution is -0.137. The highest BCUT2D eigenvalue weighted by Gasteiger charge is 2.31. The van der Waals surface area contributed by atoms with Crippen LogP contribution in [0.3, 0.4) is 0 Å². The van der Waals surface area contributed by atoms with Crippen molar-refractivity contribution in [3.8, 4) is 0 Å². The van der Waals surface area contributed by atoms with Gasteiger partial charge in [-0.25, -0.2) is 4.39 Å². The summed E-state index contributed by atoms with van der Waals surface area (Å²) in [6.07, 6.45) is -4.52. The van der Waals surface area contributed by atoms with Crippen LogP contribution in [0.25, 0.3) is 0 Å². The molecule has 1 heterocycles. The normalized spacial score (nSPS) is 11.6. The second-order valence-corrected chi connectivity index (χ2v) is 3.74. The summed E-state index contributed by atoms with van der Waals surface area (Å²) in [5.74, 6) is -0.531. The summed E-state index contributed by atoms with van der Waals surface area (Å²) in [7, 11) is 1.54. The molecule has 0 aliphatic heterocycles. The molecule has 1 aromatic heterocycles. The fourth-order valence-electron chi connectivity index (χ4n) is 1.41. The van der Waals surface area contributed by atoms with E-state index >= 15 is 0 Å². The highest BCUT2D eigenvalue weighted by atomic mass is 19.4. The van der Waals surface area contributed by atoms with Gasteiger partial charge in [-0.3, -0.25) is 0 Å². The molecule has 0 atom stereocenters. The van der Waals surface area contributed by atoms with Crippen LogP contribution < -0.4 is 5.32 Å². The fraction of sp³-hybridized carbons (Fsp3) is 0.300. The van der Waals surface area contributed by atoms with Crippen molar-refractivity contribution >= 4 is 5.69 Å². The Hall–Kier alpha value is -2.19. The molecule has 0 saturated heterocycles. The van der Waals surface area contributed by atoms with Crippen LogP contribution in [0.5, 0.6) is 0 Å². The third kappa shape index (κ3) is 3.18. The molecule has 19 heavy (non-hydrogen) atoms. The van der Waals surface area contributed by atoms with Crippen molar-refractivity contribution in [1.29, 1.82) is 0 Å². The number of tetrazole rings is 1. The number of anilines is 1. The molecule has 0 bridgehead atoms. The molecule has 102 valence electrons. The molecule has 0 amide bonds. The molecule has 1 aromatic carbocycles. The number of halogens is 4. The number of hydrogen-bond acceptors (Lipinski definition) is 4. The standard InChI is InChI=1S/C10H9F4N5/c1-19-17-9(16-18-19)5-15-8-4-6(10(12,13)14)2-3-7(8)11/h2-4,15H,5H2,1H3. The summed E-state index contributed by atoms with van der Waals surface area (Å²) in [5, 5.41) is 13.5. The predicted molar refractivity (Wildman–Crippen MR) is 57.5 cm³/mol. The average molecular weight is 275 g/mol. The number of rotatable bonds is 3. The largest absolute Gasteiger partial charge is 0.416 e. The Labute approximate surface area is 105 Å². The van der Waals surface area contributed by atoms with Gasteiger partial charge in [0, 0.05) is 0 Å². The molecular weight excluding hydrogens is 266 g/mol. The summed E-state index contributed by atoms with van der Waals surface area (Å²) in [5.41, 5.74) is -1.19. The van der Waals surface area contributed by atoms with E-state index < -0.39 is 17.6 Å². The lowest BCUT2D eigenvalue weighted by atomic mass is 10.2. The van der Waals surface area contributed by atoms with Crippen LogP contribution >= 0.6 is 0 Å². The quantitative estimate of drug-likeness (QED) is 0.870. The van der Waals surface area contributed by atoms with E-state index in [4.69, 9.17) is 0 Å². The maximum absolute atomic E-state index is 13.4. The van der Waals surface area contributed by atoms with Crippen molar-refractivity contribution in [2.75, 3.05) is 5.32 Å². The van der Waals surface area contributed by atoms with E-state index in [0.717, 1.165) is 6.07 Å². The SMILES string of the molecule is Cn1nnc(CNc2cc(C(F)(F)F)ccc2F)n1. The Balaban J connectivity index is 2.15. The second kappa shape index (κ2) is 4.82. The topological polar surface area (TPSA) is 55.6 Å². The smallest absolute Gasteiger partial charge is 0.375 e. The van der Waals surface area contributed by atoms with Crippen LogP contribution in [0.2, 0.25) is 0 Å². The monoisotopic (exact) mass is 275 g/mol. The van der Waals surface area contributed by atoms with Crippen molar-refractivity contribution in [3.63, 3.8) is 0 Å². The molecule has 0 spiro atoms. The van der Waals surface area contributed by atoms with Crippen molar-refractivity contribution in [3.05, 3.63) is 35.4 Å². The second-order valence-electron chi connectivity index (χ2n) is 3.74. The Bertz CT molecular complexity index is 578. The van der Waals surface area contributed by atoms with Gasteiger partial charge in [-0.15, -0.1) is 10.2 Å². The Morgan fingerprint density at radius 2 is 2.05 bits per heavy atom. The van der Waals surface area contributed by atoms with E-state index in [2.05, 4.69) is 20.7 Å². The molecule has 9 heteroatoms. The van der Waals surface area contributed by atoms with Crippen molar-refractivity contribution in [1.82, 2.24) is 20.2 Å². The summed E-state index contributed by atoms with van der Waals surface area (Å²) in [6, 6.07) is 2.14. The van der Waals surface area contributed by atoms with E-state index in [1.807, 2.05) is 0 Å². The first-order chi connectivity index (χ1) is 8.86. The third-order valence-corrected chi connectivity index (χ3v) is 2.28. The van der Waals surface area contributed by atoms with Crippen LogP contribution in [0.1, 0.15) is 11.4 Å². The number of aryl methyl sites for hydroxylation is 1. The summed E-state index contributed by atoms with van der Waals surface area (Å²) in [6.45, 7) is -0.0218. The lowest BCUT2D eigenvalue weighted by Crippen LogP contribution is -2.08. The minimum atomic E-state index is -4.52. The predicted octanol–water partition coefficient (Wildman–Crippen LogP) is 1.98. The van der Waals surface area contributed by atoms with Gasteiger partial charge in [-0.2, -0.15) is 18.0 Å². The van der Waals surface area contributed by atoms with Gasteiger partial charge in [0.2, 0.25) is 0 Å². The number of alkyl halides is 3. The number of nitrogens with zero attached hydrogens (tertiary/aromatic N) is 4. The summed E-state index contributed by atoms with van der Waals surface area (Å²) >= 11 is 0. The van der Waals surface area contributed by atoms with Gasteiger partial charge >= 0.3 is 6.18 Å². The first-order valence-corrected chi connectivity index (χ1v) is 5.20. The highest BCUT2D eigenvalue weighted by Crippen LogP contribution is 2.31. The van der Waals surface area contributed by atoms with E-state index in [9.17, 15) is 17.6 Å². The van der Waals surface area contributed by atoms with Crippen LogP contribution in [-0.2, 0) is 19.8 Å². The van der Waals surface area contributed by atoms with E-state index in [-0.39, 0.29) is 18.1 Å². The van der Waals surface area contributed by atoms with Crippen LogP contribution in [0.4, 0.5) is 23.2 Å². The molecule has 2 aromatic rings. The van der Waals surface area contributed by atoms with Crippen LogP contribution in [0.15, 0.2) is 18.2 Å². The van der Waals surface area contributed by atoms with E-state index in [0.29, 0.717) is 12.1 Å². The average Bonchev–Trinajstić information content (AvgIpc) is 2.72. The molecule has 0 radical (unpaired) electrons. The molecule has 0 aliphatic carbocycles. The van der Waals surface area contributed by atoms with Gasteiger partial charge in [0.05, 0.1) is 24.8 Å². The first-order valence-electron chi connectivity index (χ1n) is 5.20. The summed E-state index contributed by atoms with van der Waals surface area (Å²) in [4.78, 5) is 1.19. The third-order valence-electron chi connectivity index (χ3n) is 2.28. The Morgan fingerprint density at radius 3 is 2.63 bits per heavy atom. The fourth-order valence-corrected chi connectivity index (χ4v) is 1.41. The van der Waals surface area contributed by atoms with Crippen molar-refractivity contribution in [2.24, 2.45) is 7.05 Å². The van der Waals surface area contributed by atoms with Crippen LogP contribution in [0, 0.1) is 5.82 Å². The lowest BCUT2D eigenvalue weighted by Gasteiger charge is -2.10. The Kier molecular flexibility index (Phi) is 3.36. The van der Waals surface area contributed by atoms with Crippen LogP contribution in [-0.4, -0.2) is 20.2 Å². The molecule has 5 nitrogen and oxygen atoms in total. The van der Waals surface area contributed by atoms with Crippen molar-refractivity contribution in [2.45, 2.75) is 12.7 Å². The van der Waals surface area contributed by atoms with Crippen molar-refractivity contribution < 1.29 is 17.6 Å². The molecule has 2 rings (SSSR count). The number of nitrogens with one attached hydrogen (secondary N) is 1. The summed E-state index contributed by atoms with van der Waals surface area (Å²) < 4.78 is 50.8. The van der Waals surface area contributed by atoms with Gasteiger partial charge in [0.25, 0.3) is 0 Å². The minimum Gasteiger partial charge on any atom is -0.375 e. The first kappa shape index (κ1) is 13.2. The number of hydrogen-bond donors (Lipinski definition) is 1. The van der Waals surface area contributed by atoms with Gasteiger partial charge in [-0.05, 0) is 23.4 Å².